The maximum Gasteiger partial charge on any atom is 0.410 e. The summed E-state index contributed by atoms with van der Waals surface area (Å²) in [6.45, 7) is 7.62. The first kappa shape index (κ1) is 22.9. The molecule has 1 aliphatic heterocycles. The summed E-state index contributed by atoms with van der Waals surface area (Å²) >= 11 is 2.22. The third-order valence-electron chi connectivity index (χ3n) is 5.79. The van der Waals surface area contributed by atoms with Crippen molar-refractivity contribution in [1.82, 2.24) is 9.80 Å². The second kappa shape index (κ2) is 8.92. The second-order valence-electron chi connectivity index (χ2n) is 9.50. The van der Waals surface area contributed by atoms with Crippen LogP contribution in [0.3, 0.4) is 0 Å². The van der Waals surface area contributed by atoms with E-state index in [1.165, 1.54) is 0 Å². The molecular weight excluding hydrogens is 519 g/mol. The molecule has 2 fully saturated rings. The number of carbonyl (C=O) groups is 2. The number of halogens is 1. The lowest BCUT2D eigenvalue weighted by Crippen LogP contribution is -2.58. The second-order valence-corrected chi connectivity index (χ2v) is 10.7. The Bertz CT molecular complexity index is 999. The van der Waals surface area contributed by atoms with E-state index in [2.05, 4.69) is 22.6 Å². The van der Waals surface area contributed by atoms with Crippen LogP contribution in [0.5, 0.6) is 5.75 Å². The Hall–Kier alpha value is -2.29. The first-order chi connectivity index (χ1) is 15.2. The normalized spacial score (nSPS) is 17.2. The zero-order chi connectivity index (χ0) is 22.9. The molecule has 4 rings (SSSR count). The first-order valence-electron chi connectivity index (χ1n) is 10.9. The molecule has 0 bridgehead atoms. The number of amides is 2. The molecule has 6 nitrogen and oxygen atoms in total. The van der Waals surface area contributed by atoms with Crippen molar-refractivity contribution in [3.05, 3.63) is 63.2 Å². The van der Waals surface area contributed by atoms with Crippen LogP contribution in [0.4, 0.5) is 4.79 Å². The van der Waals surface area contributed by atoms with Gasteiger partial charge in [0, 0.05) is 25.2 Å². The number of carbonyl (C=O) groups excluding carboxylic acids is 2. The van der Waals surface area contributed by atoms with Gasteiger partial charge in [-0.15, -0.1) is 0 Å². The summed E-state index contributed by atoms with van der Waals surface area (Å²) in [7, 11) is 0. The highest BCUT2D eigenvalue weighted by atomic mass is 127. The molecule has 0 aromatic heterocycles. The molecular formula is C25H29IN2O4. The summed E-state index contributed by atoms with van der Waals surface area (Å²) in [5.41, 5.74) is 0.961. The van der Waals surface area contributed by atoms with Gasteiger partial charge >= 0.3 is 6.09 Å². The minimum Gasteiger partial charge on any atom is -0.488 e. The molecule has 0 N–H and O–H groups in total. The number of nitrogens with zero attached hydrogens (tertiary/aromatic N) is 2. The van der Waals surface area contributed by atoms with Crippen molar-refractivity contribution < 1.29 is 19.1 Å². The van der Waals surface area contributed by atoms with Crippen LogP contribution >= 0.6 is 22.6 Å². The molecule has 1 heterocycles. The largest absolute Gasteiger partial charge is 0.488 e. The average Bonchev–Trinajstić information content (AvgIpc) is 3.51. The Kier molecular flexibility index (Phi) is 6.38. The van der Waals surface area contributed by atoms with Gasteiger partial charge in [0.2, 0.25) is 0 Å². The highest BCUT2D eigenvalue weighted by molar-refractivity contribution is 14.1. The van der Waals surface area contributed by atoms with Crippen molar-refractivity contribution >= 4 is 34.6 Å². The lowest BCUT2D eigenvalue weighted by atomic mass is 10.1. The highest BCUT2D eigenvalue weighted by Gasteiger charge is 2.54. The van der Waals surface area contributed by atoms with Gasteiger partial charge in [0.05, 0.1) is 9.11 Å². The van der Waals surface area contributed by atoms with Gasteiger partial charge in [-0.3, -0.25) is 4.79 Å². The Labute approximate surface area is 203 Å². The average molecular weight is 548 g/mol. The Morgan fingerprint density at radius 1 is 1.06 bits per heavy atom. The molecule has 2 amide bonds. The van der Waals surface area contributed by atoms with Gasteiger partial charge in [-0.1, -0.05) is 30.3 Å². The van der Waals surface area contributed by atoms with Crippen LogP contribution in [0, 0.1) is 3.57 Å². The van der Waals surface area contributed by atoms with E-state index in [0.29, 0.717) is 31.8 Å². The third kappa shape index (κ3) is 5.19. The van der Waals surface area contributed by atoms with Crippen molar-refractivity contribution in [3.8, 4) is 5.75 Å². The summed E-state index contributed by atoms with van der Waals surface area (Å²) in [5.74, 6) is 0.778. The molecule has 0 atom stereocenters. The SMILES string of the molecule is CC(C)(C)OC(=O)N1CCN(C(=O)c2ccc(OCc3ccccc3)c(I)c2)C2(CC2)C1. The Morgan fingerprint density at radius 3 is 2.41 bits per heavy atom. The van der Waals surface area contributed by atoms with Crippen LogP contribution in [-0.4, -0.2) is 52.6 Å². The van der Waals surface area contributed by atoms with Gasteiger partial charge in [-0.05, 0) is 80.0 Å². The van der Waals surface area contributed by atoms with E-state index in [1.807, 2.05) is 74.2 Å². The van der Waals surface area contributed by atoms with E-state index < -0.39 is 5.60 Å². The molecule has 1 spiro atoms. The van der Waals surface area contributed by atoms with Crippen molar-refractivity contribution in [2.45, 2.75) is 51.4 Å². The molecule has 1 saturated carbocycles. The van der Waals surface area contributed by atoms with Crippen LogP contribution in [0.25, 0.3) is 0 Å². The fourth-order valence-corrected chi connectivity index (χ4v) is 4.66. The third-order valence-corrected chi connectivity index (χ3v) is 6.63. The number of hydrogen-bond acceptors (Lipinski definition) is 4. The molecule has 32 heavy (non-hydrogen) atoms. The maximum atomic E-state index is 13.4. The standard InChI is InChI=1S/C25H29IN2O4/c1-24(2,3)32-23(30)27-13-14-28(25(17-27)11-12-25)22(29)19-9-10-21(20(26)15-19)31-16-18-7-5-4-6-8-18/h4-10,15H,11-14,16-17H2,1-3H3. The number of hydrogen-bond donors (Lipinski definition) is 0. The zero-order valence-electron chi connectivity index (χ0n) is 18.8. The van der Waals surface area contributed by atoms with Crippen molar-refractivity contribution in [1.29, 1.82) is 0 Å². The van der Waals surface area contributed by atoms with Crippen molar-refractivity contribution in [3.63, 3.8) is 0 Å². The molecule has 0 unspecified atom stereocenters. The number of benzene rings is 2. The van der Waals surface area contributed by atoms with Crippen LogP contribution in [0.2, 0.25) is 0 Å². The summed E-state index contributed by atoms with van der Waals surface area (Å²) in [5, 5.41) is 0. The number of ether oxygens (including phenoxy) is 2. The molecule has 1 saturated heterocycles. The molecule has 2 aliphatic rings. The van der Waals surface area contributed by atoms with E-state index in [1.54, 1.807) is 4.90 Å². The topological polar surface area (TPSA) is 59.1 Å². The van der Waals surface area contributed by atoms with E-state index in [0.717, 1.165) is 27.7 Å². The lowest BCUT2D eigenvalue weighted by molar-refractivity contribution is 0.000631. The summed E-state index contributed by atoms with van der Waals surface area (Å²) < 4.78 is 12.4. The van der Waals surface area contributed by atoms with Gasteiger partial charge in [-0.2, -0.15) is 0 Å². The summed E-state index contributed by atoms with van der Waals surface area (Å²) in [6, 6.07) is 15.6. The highest BCUT2D eigenvalue weighted by Crippen LogP contribution is 2.45. The minimum absolute atomic E-state index is 0.0128. The van der Waals surface area contributed by atoms with Crippen molar-refractivity contribution in [2.75, 3.05) is 19.6 Å². The number of rotatable bonds is 4. The van der Waals surface area contributed by atoms with Crippen LogP contribution < -0.4 is 4.74 Å². The smallest absolute Gasteiger partial charge is 0.410 e. The van der Waals surface area contributed by atoms with Gasteiger partial charge in [0.1, 0.15) is 18.0 Å². The predicted molar refractivity (Wildman–Crippen MR) is 131 cm³/mol. The Morgan fingerprint density at radius 2 is 1.78 bits per heavy atom. The molecule has 2 aromatic rings. The van der Waals surface area contributed by atoms with E-state index in [-0.39, 0.29) is 17.5 Å². The van der Waals surface area contributed by atoms with Crippen molar-refractivity contribution in [2.24, 2.45) is 0 Å². The monoisotopic (exact) mass is 548 g/mol. The summed E-state index contributed by atoms with van der Waals surface area (Å²) in [6.07, 6.45) is 1.52. The minimum atomic E-state index is -0.526. The predicted octanol–water partition coefficient (Wildman–Crippen LogP) is 5.10. The van der Waals surface area contributed by atoms with Crippen LogP contribution in [0.15, 0.2) is 48.5 Å². The van der Waals surface area contributed by atoms with E-state index >= 15 is 0 Å². The summed E-state index contributed by atoms with van der Waals surface area (Å²) in [4.78, 5) is 29.5. The fourth-order valence-electron chi connectivity index (χ4n) is 3.99. The molecule has 170 valence electrons. The van der Waals surface area contributed by atoms with E-state index in [9.17, 15) is 9.59 Å². The molecule has 7 heteroatoms. The van der Waals surface area contributed by atoms with Crippen LogP contribution in [0.1, 0.15) is 49.5 Å². The van der Waals surface area contributed by atoms with E-state index in [4.69, 9.17) is 9.47 Å². The van der Waals surface area contributed by atoms with Gasteiger partial charge < -0.3 is 19.3 Å². The maximum absolute atomic E-state index is 13.4. The first-order valence-corrected chi connectivity index (χ1v) is 12.0. The van der Waals surface area contributed by atoms with Crippen LogP contribution in [-0.2, 0) is 11.3 Å². The fraction of sp³-hybridized carbons (Fsp3) is 0.440. The Balaban J connectivity index is 1.41. The number of piperazine rings is 1. The molecule has 1 aliphatic carbocycles. The van der Waals surface area contributed by atoms with Gasteiger partial charge in [0.25, 0.3) is 5.91 Å². The molecule has 0 radical (unpaired) electrons. The zero-order valence-corrected chi connectivity index (χ0v) is 20.9. The molecule has 2 aromatic carbocycles. The lowest BCUT2D eigenvalue weighted by Gasteiger charge is -2.42. The van der Waals surface area contributed by atoms with Gasteiger partial charge in [0.15, 0.2) is 0 Å². The van der Waals surface area contributed by atoms with Gasteiger partial charge in [-0.25, -0.2) is 4.79 Å². The quantitative estimate of drug-likeness (QED) is 0.500.